The summed E-state index contributed by atoms with van der Waals surface area (Å²) in [5.41, 5.74) is 4.62. The molecule has 0 radical (unpaired) electrons. The van der Waals surface area contributed by atoms with Gasteiger partial charge in [0.1, 0.15) is 9.75 Å². The van der Waals surface area contributed by atoms with Gasteiger partial charge in [0.2, 0.25) is 0 Å². The fourth-order valence-corrected chi connectivity index (χ4v) is 2.59. The van der Waals surface area contributed by atoms with E-state index in [4.69, 9.17) is 33.7 Å². The number of benzene rings is 1. The maximum Gasteiger partial charge on any atom is 0.315 e. The predicted molar refractivity (Wildman–Crippen MR) is 81.7 cm³/mol. The van der Waals surface area contributed by atoms with Crippen LogP contribution in [-0.2, 0) is 14.3 Å². The van der Waals surface area contributed by atoms with Gasteiger partial charge in [-0.3, -0.25) is 14.4 Å². The highest BCUT2D eigenvalue weighted by Crippen LogP contribution is 2.64. The molecule has 1 atom stereocenters. The van der Waals surface area contributed by atoms with Gasteiger partial charge >= 0.3 is 5.97 Å². The monoisotopic (exact) mass is 344 g/mol. The van der Waals surface area contributed by atoms with Crippen LogP contribution < -0.4 is 11.1 Å². The molecule has 0 bridgehead atoms. The summed E-state index contributed by atoms with van der Waals surface area (Å²) in [5.74, 6) is -1.91. The lowest BCUT2D eigenvalue weighted by atomic mass is 10.1. The van der Waals surface area contributed by atoms with Crippen LogP contribution in [0.5, 0.6) is 0 Å². The normalized spacial score (nSPS) is 21.8. The van der Waals surface area contributed by atoms with Gasteiger partial charge in [-0.1, -0.05) is 12.1 Å². The van der Waals surface area contributed by atoms with Crippen molar-refractivity contribution in [1.29, 1.82) is 0 Å². The van der Waals surface area contributed by atoms with Crippen LogP contribution in [0.1, 0.15) is 23.7 Å². The summed E-state index contributed by atoms with van der Waals surface area (Å²) < 4.78 is 3.75. The van der Waals surface area contributed by atoms with Gasteiger partial charge in [0.25, 0.3) is 11.8 Å². The SMILES string of the molecule is CC1(C(=O)OCC(=O)Nc2ccccc2C(N)=O)CC1(Cl)Cl. The van der Waals surface area contributed by atoms with Gasteiger partial charge in [-0.05, 0) is 19.1 Å². The molecule has 0 spiro atoms. The predicted octanol–water partition coefficient (Wildman–Crippen LogP) is 1.85. The number of rotatable bonds is 5. The van der Waals surface area contributed by atoms with E-state index in [1.165, 1.54) is 12.1 Å². The van der Waals surface area contributed by atoms with E-state index in [-0.39, 0.29) is 17.7 Å². The number of primary amides is 1. The Labute approximate surface area is 136 Å². The second-order valence-electron chi connectivity index (χ2n) is 5.25. The summed E-state index contributed by atoms with van der Waals surface area (Å²) in [6.45, 7) is 1.06. The number of nitrogens with two attached hydrogens (primary N) is 1. The van der Waals surface area contributed by atoms with Gasteiger partial charge in [0.05, 0.1) is 11.3 Å². The fourth-order valence-electron chi connectivity index (χ4n) is 1.90. The minimum atomic E-state index is -1.15. The van der Waals surface area contributed by atoms with E-state index >= 15 is 0 Å². The number of amides is 2. The van der Waals surface area contributed by atoms with Crippen molar-refractivity contribution < 1.29 is 19.1 Å². The Morgan fingerprint density at radius 3 is 2.45 bits per heavy atom. The molecule has 8 heteroatoms. The van der Waals surface area contributed by atoms with E-state index in [9.17, 15) is 14.4 Å². The molecule has 0 heterocycles. The zero-order valence-electron chi connectivity index (χ0n) is 11.7. The highest BCUT2D eigenvalue weighted by molar-refractivity contribution is 6.53. The Bertz CT molecular complexity index is 647. The number of carbonyl (C=O) groups is 3. The molecule has 1 aromatic carbocycles. The molecule has 0 aromatic heterocycles. The van der Waals surface area contributed by atoms with Crippen molar-refractivity contribution in [2.24, 2.45) is 11.1 Å². The van der Waals surface area contributed by atoms with Crippen molar-refractivity contribution in [2.45, 2.75) is 17.7 Å². The lowest BCUT2D eigenvalue weighted by Gasteiger charge is -2.12. The summed E-state index contributed by atoms with van der Waals surface area (Å²) in [6, 6.07) is 6.24. The van der Waals surface area contributed by atoms with Crippen molar-refractivity contribution >= 4 is 46.7 Å². The largest absolute Gasteiger partial charge is 0.455 e. The Hall–Kier alpha value is -1.79. The lowest BCUT2D eigenvalue weighted by Crippen LogP contribution is -2.27. The maximum absolute atomic E-state index is 11.8. The van der Waals surface area contributed by atoms with Crippen LogP contribution in [0.2, 0.25) is 0 Å². The van der Waals surface area contributed by atoms with Crippen LogP contribution in [0.15, 0.2) is 24.3 Å². The van der Waals surface area contributed by atoms with E-state index in [2.05, 4.69) is 5.32 Å². The average molecular weight is 345 g/mol. The molecule has 2 rings (SSSR count). The molecule has 1 fully saturated rings. The van der Waals surface area contributed by atoms with Gasteiger partial charge in [-0.2, -0.15) is 0 Å². The molecule has 6 nitrogen and oxygen atoms in total. The van der Waals surface area contributed by atoms with E-state index in [1.807, 2.05) is 0 Å². The lowest BCUT2D eigenvalue weighted by molar-refractivity contribution is -0.152. The molecule has 0 aliphatic heterocycles. The van der Waals surface area contributed by atoms with E-state index in [0.717, 1.165) is 0 Å². The molecule has 118 valence electrons. The molecular formula is C14H14Cl2N2O4. The number of ether oxygens (including phenoxy) is 1. The molecule has 1 unspecified atom stereocenters. The van der Waals surface area contributed by atoms with Gasteiger partial charge in [-0.25, -0.2) is 0 Å². The highest BCUT2D eigenvalue weighted by Gasteiger charge is 2.69. The number of halogens is 2. The molecule has 1 aliphatic carbocycles. The first kappa shape index (κ1) is 16.6. The number of hydrogen-bond acceptors (Lipinski definition) is 4. The second-order valence-corrected chi connectivity index (χ2v) is 6.73. The molecular weight excluding hydrogens is 331 g/mol. The Morgan fingerprint density at radius 2 is 1.91 bits per heavy atom. The molecule has 3 N–H and O–H groups in total. The number of carbonyl (C=O) groups excluding carboxylic acids is 3. The third kappa shape index (κ3) is 3.18. The summed E-state index contributed by atoms with van der Waals surface area (Å²) >= 11 is 11.7. The quantitative estimate of drug-likeness (QED) is 0.628. The van der Waals surface area contributed by atoms with Crippen LogP contribution in [-0.4, -0.2) is 28.7 Å². The Balaban J connectivity index is 1.92. The summed E-state index contributed by atoms with van der Waals surface area (Å²) in [6.07, 6.45) is 0.272. The fraction of sp³-hybridized carbons (Fsp3) is 0.357. The Kier molecular flexibility index (Phi) is 4.35. The van der Waals surface area contributed by atoms with Crippen LogP contribution in [0.3, 0.4) is 0 Å². The number of anilines is 1. The Morgan fingerprint density at radius 1 is 1.32 bits per heavy atom. The second kappa shape index (κ2) is 5.78. The number of nitrogens with one attached hydrogen (secondary N) is 1. The number of alkyl halides is 2. The number of esters is 1. The molecule has 1 aliphatic rings. The van der Waals surface area contributed by atoms with E-state index < -0.39 is 34.1 Å². The standard InChI is InChI=1S/C14H14Cl2N2O4/c1-13(7-14(13,15)16)12(21)22-6-10(19)18-9-5-3-2-4-8(9)11(17)20/h2-5H,6-7H2,1H3,(H2,17,20)(H,18,19). The first-order valence-corrected chi connectivity index (χ1v) is 7.17. The minimum Gasteiger partial charge on any atom is -0.455 e. The number of hydrogen-bond donors (Lipinski definition) is 2. The molecule has 22 heavy (non-hydrogen) atoms. The van der Waals surface area contributed by atoms with Crippen LogP contribution >= 0.6 is 23.2 Å². The van der Waals surface area contributed by atoms with Gasteiger partial charge < -0.3 is 15.8 Å². The zero-order valence-corrected chi connectivity index (χ0v) is 13.2. The van der Waals surface area contributed by atoms with Crippen molar-refractivity contribution in [3.8, 4) is 0 Å². The number of para-hydroxylation sites is 1. The van der Waals surface area contributed by atoms with Crippen molar-refractivity contribution in [3.05, 3.63) is 29.8 Å². The minimum absolute atomic E-state index is 0.164. The molecule has 2 amide bonds. The third-order valence-electron chi connectivity index (χ3n) is 3.51. The smallest absolute Gasteiger partial charge is 0.315 e. The van der Waals surface area contributed by atoms with E-state index in [0.29, 0.717) is 0 Å². The van der Waals surface area contributed by atoms with E-state index in [1.54, 1.807) is 19.1 Å². The summed E-state index contributed by atoms with van der Waals surface area (Å²) in [7, 11) is 0. The zero-order chi connectivity index (χ0) is 16.5. The molecule has 1 aromatic rings. The van der Waals surface area contributed by atoms with Gasteiger partial charge in [-0.15, -0.1) is 23.2 Å². The topological polar surface area (TPSA) is 98.5 Å². The van der Waals surface area contributed by atoms with Crippen molar-refractivity contribution in [3.63, 3.8) is 0 Å². The van der Waals surface area contributed by atoms with Crippen LogP contribution in [0.25, 0.3) is 0 Å². The van der Waals surface area contributed by atoms with Gasteiger partial charge in [0, 0.05) is 6.42 Å². The van der Waals surface area contributed by atoms with Crippen LogP contribution in [0, 0.1) is 5.41 Å². The molecule has 1 saturated carbocycles. The first-order valence-electron chi connectivity index (χ1n) is 6.41. The van der Waals surface area contributed by atoms with Crippen molar-refractivity contribution in [1.82, 2.24) is 0 Å². The third-order valence-corrected chi connectivity index (χ3v) is 4.61. The van der Waals surface area contributed by atoms with Gasteiger partial charge in [0.15, 0.2) is 6.61 Å². The van der Waals surface area contributed by atoms with Crippen LogP contribution in [0.4, 0.5) is 5.69 Å². The molecule has 0 saturated heterocycles. The maximum atomic E-state index is 11.8. The first-order chi connectivity index (χ1) is 10.2. The van der Waals surface area contributed by atoms with Crippen molar-refractivity contribution in [2.75, 3.05) is 11.9 Å². The average Bonchev–Trinajstić information content (AvgIpc) is 2.96. The summed E-state index contributed by atoms with van der Waals surface area (Å²) in [4.78, 5) is 34.9. The summed E-state index contributed by atoms with van der Waals surface area (Å²) in [5, 5.41) is 2.46. The highest BCUT2D eigenvalue weighted by atomic mass is 35.5.